The molecule has 3 aromatic rings. The van der Waals surface area contributed by atoms with Gasteiger partial charge in [-0.25, -0.2) is 0 Å². The normalized spacial score (nSPS) is 11.5. The van der Waals surface area contributed by atoms with Crippen molar-refractivity contribution in [3.63, 3.8) is 0 Å². The van der Waals surface area contributed by atoms with Gasteiger partial charge in [-0.1, -0.05) is 6.07 Å². The van der Waals surface area contributed by atoms with Crippen LogP contribution in [0.2, 0.25) is 0 Å². The second-order valence-corrected chi connectivity index (χ2v) is 8.59. The first-order chi connectivity index (χ1) is 15.6. The van der Waals surface area contributed by atoms with E-state index in [0.717, 1.165) is 5.56 Å². The summed E-state index contributed by atoms with van der Waals surface area (Å²) in [5, 5.41) is 21.1. The molecule has 0 unspecified atom stereocenters. The molecule has 0 spiro atoms. The number of phenolic OH excluding ortho intramolecular Hbond substituents is 1. The zero-order valence-corrected chi connectivity index (χ0v) is 19.0. The molecule has 0 aliphatic heterocycles. The Bertz CT molecular complexity index is 1250. The molecule has 174 valence electrons. The number of nitrogens with zero attached hydrogens (tertiary/aromatic N) is 6. The van der Waals surface area contributed by atoms with Crippen LogP contribution in [0, 0.1) is 6.92 Å². The van der Waals surface area contributed by atoms with Gasteiger partial charge in [-0.05, 0) is 48.9 Å². The summed E-state index contributed by atoms with van der Waals surface area (Å²) >= 11 is 0. The SMILES string of the molecule is COc1nc(Nc2ccc(N=Nc3cc(C)ccc3O)cc2)nc(N(C)CCS(=O)(=O)O)n1. The molecule has 13 heteroatoms. The van der Waals surface area contributed by atoms with Crippen molar-refractivity contribution in [2.75, 3.05) is 36.7 Å². The number of hydrogen-bond acceptors (Lipinski definition) is 11. The monoisotopic (exact) mass is 473 g/mol. The summed E-state index contributed by atoms with van der Waals surface area (Å²) in [6.45, 7) is 1.87. The van der Waals surface area contributed by atoms with Crippen LogP contribution in [0.15, 0.2) is 52.7 Å². The highest BCUT2D eigenvalue weighted by Crippen LogP contribution is 2.29. The molecule has 0 saturated carbocycles. The predicted octanol–water partition coefficient (Wildman–Crippen LogP) is 3.38. The van der Waals surface area contributed by atoms with Gasteiger partial charge >= 0.3 is 6.01 Å². The van der Waals surface area contributed by atoms with Gasteiger partial charge in [-0.15, -0.1) is 5.11 Å². The first-order valence-electron chi connectivity index (χ1n) is 9.68. The largest absolute Gasteiger partial charge is 0.506 e. The van der Waals surface area contributed by atoms with Crippen molar-refractivity contribution in [3.8, 4) is 11.8 Å². The summed E-state index contributed by atoms with van der Waals surface area (Å²) in [6, 6.07) is 12.0. The maximum atomic E-state index is 11.0. The van der Waals surface area contributed by atoms with Gasteiger partial charge in [0.05, 0.1) is 18.6 Å². The van der Waals surface area contributed by atoms with E-state index < -0.39 is 15.9 Å². The lowest BCUT2D eigenvalue weighted by molar-refractivity contribution is 0.379. The fraction of sp³-hybridized carbons (Fsp3) is 0.250. The molecule has 0 atom stereocenters. The highest BCUT2D eigenvalue weighted by molar-refractivity contribution is 7.85. The number of azo groups is 1. The molecule has 2 aromatic carbocycles. The van der Waals surface area contributed by atoms with Crippen LogP contribution in [0.25, 0.3) is 0 Å². The Morgan fingerprint density at radius 3 is 2.48 bits per heavy atom. The van der Waals surface area contributed by atoms with Crippen molar-refractivity contribution in [1.82, 2.24) is 15.0 Å². The zero-order valence-electron chi connectivity index (χ0n) is 18.2. The van der Waals surface area contributed by atoms with Crippen molar-refractivity contribution in [1.29, 1.82) is 0 Å². The Balaban J connectivity index is 1.73. The highest BCUT2D eigenvalue weighted by atomic mass is 32.2. The molecule has 3 rings (SSSR count). The number of nitrogens with one attached hydrogen (secondary N) is 1. The Morgan fingerprint density at radius 1 is 1.09 bits per heavy atom. The number of hydrogen-bond donors (Lipinski definition) is 3. The topological polar surface area (TPSA) is 162 Å². The van der Waals surface area contributed by atoms with Crippen molar-refractivity contribution < 1.29 is 22.8 Å². The van der Waals surface area contributed by atoms with Crippen LogP contribution < -0.4 is 15.0 Å². The Hall–Kier alpha value is -3.84. The summed E-state index contributed by atoms with van der Waals surface area (Å²) < 4.78 is 36.0. The van der Waals surface area contributed by atoms with Crippen molar-refractivity contribution >= 4 is 39.1 Å². The molecule has 0 amide bonds. The average molecular weight is 474 g/mol. The maximum absolute atomic E-state index is 11.0. The predicted molar refractivity (Wildman–Crippen MR) is 123 cm³/mol. The van der Waals surface area contributed by atoms with E-state index in [2.05, 4.69) is 30.5 Å². The van der Waals surface area contributed by atoms with Crippen LogP contribution in [-0.4, -0.2) is 59.5 Å². The molecule has 1 aromatic heterocycles. The van der Waals surface area contributed by atoms with Gasteiger partial charge in [0.15, 0.2) is 0 Å². The van der Waals surface area contributed by atoms with E-state index in [1.54, 1.807) is 49.5 Å². The lowest BCUT2D eigenvalue weighted by Crippen LogP contribution is -2.27. The first-order valence-corrected chi connectivity index (χ1v) is 11.3. The van der Waals surface area contributed by atoms with Gasteiger partial charge in [0.1, 0.15) is 11.4 Å². The van der Waals surface area contributed by atoms with Gasteiger partial charge < -0.3 is 20.1 Å². The molecular formula is C20H23N7O5S. The summed E-state index contributed by atoms with van der Waals surface area (Å²) in [6.07, 6.45) is 0. The lowest BCUT2D eigenvalue weighted by Gasteiger charge is -2.17. The Morgan fingerprint density at radius 2 is 1.82 bits per heavy atom. The molecule has 12 nitrogen and oxygen atoms in total. The second-order valence-electron chi connectivity index (χ2n) is 7.02. The number of ether oxygens (including phenoxy) is 1. The van der Waals surface area contributed by atoms with Crippen LogP contribution in [-0.2, 0) is 10.1 Å². The van der Waals surface area contributed by atoms with Crippen molar-refractivity contribution in [2.24, 2.45) is 10.2 Å². The third kappa shape index (κ3) is 7.08. The van der Waals surface area contributed by atoms with Crippen molar-refractivity contribution in [3.05, 3.63) is 48.0 Å². The Labute approximate surface area is 190 Å². The smallest absolute Gasteiger partial charge is 0.322 e. The number of rotatable bonds is 9. The molecule has 0 aliphatic rings. The summed E-state index contributed by atoms with van der Waals surface area (Å²) in [4.78, 5) is 13.9. The van der Waals surface area contributed by atoms with Gasteiger partial charge in [-0.2, -0.15) is 28.5 Å². The minimum atomic E-state index is -4.12. The summed E-state index contributed by atoms with van der Waals surface area (Å²) in [7, 11) is -1.15. The van der Waals surface area contributed by atoms with E-state index in [1.165, 1.54) is 12.0 Å². The standard InChI is InChI=1S/C20H23N7O5S/c1-13-4-9-17(28)16(12-13)26-25-15-7-5-14(6-8-15)21-18-22-19(24-20(23-18)32-3)27(2)10-11-33(29,30)31/h4-9,12,28H,10-11H2,1-3H3,(H,29,30,31)(H,21,22,23,24). The zero-order chi connectivity index (χ0) is 24.0. The molecule has 33 heavy (non-hydrogen) atoms. The van der Waals surface area contributed by atoms with Crippen molar-refractivity contribution in [2.45, 2.75) is 6.92 Å². The van der Waals surface area contributed by atoms with Crippen LogP contribution in [0.4, 0.5) is 29.0 Å². The number of aryl methyl sites for hydroxylation is 1. The van der Waals surface area contributed by atoms with Crippen LogP contribution in [0.5, 0.6) is 11.8 Å². The highest BCUT2D eigenvalue weighted by Gasteiger charge is 2.14. The van der Waals surface area contributed by atoms with Gasteiger partial charge in [-0.3, -0.25) is 4.55 Å². The molecule has 0 bridgehead atoms. The second kappa shape index (κ2) is 10.2. The quantitative estimate of drug-likeness (QED) is 0.310. The van der Waals surface area contributed by atoms with E-state index in [0.29, 0.717) is 17.1 Å². The number of anilines is 3. The molecule has 0 fully saturated rings. The number of aromatic hydroxyl groups is 1. The van der Waals surface area contributed by atoms with Crippen LogP contribution >= 0.6 is 0 Å². The van der Waals surface area contributed by atoms with Crippen LogP contribution in [0.1, 0.15) is 5.56 Å². The molecular weight excluding hydrogens is 450 g/mol. The molecule has 1 heterocycles. The fourth-order valence-corrected chi connectivity index (χ4v) is 3.09. The number of methoxy groups -OCH3 is 1. The first kappa shape index (κ1) is 23.8. The van der Waals surface area contributed by atoms with Gasteiger partial charge in [0.25, 0.3) is 10.1 Å². The third-order valence-electron chi connectivity index (χ3n) is 4.34. The van der Waals surface area contributed by atoms with Crippen LogP contribution in [0.3, 0.4) is 0 Å². The Kier molecular flexibility index (Phi) is 7.35. The molecule has 0 radical (unpaired) electrons. The van der Waals surface area contributed by atoms with E-state index in [9.17, 15) is 13.5 Å². The summed E-state index contributed by atoms with van der Waals surface area (Å²) in [5.41, 5.74) is 2.55. The number of benzene rings is 2. The van der Waals surface area contributed by atoms with E-state index in [1.807, 2.05) is 6.92 Å². The van der Waals surface area contributed by atoms with E-state index in [-0.39, 0.29) is 30.2 Å². The molecule has 0 saturated heterocycles. The lowest BCUT2D eigenvalue weighted by atomic mass is 10.2. The van der Waals surface area contributed by atoms with Gasteiger partial charge in [0, 0.05) is 19.3 Å². The maximum Gasteiger partial charge on any atom is 0.322 e. The third-order valence-corrected chi connectivity index (χ3v) is 5.04. The minimum Gasteiger partial charge on any atom is -0.506 e. The fourth-order valence-electron chi connectivity index (χ4n) is 2.58. The summed E-state index contributed by atoms with van der Waals surface area (Å²) in [5.74, 6) is -0.0915. The molecule has 3 N–H and O–H groups in total. The van der Waals surface area contributed by atoms with Gasteiger partial charge in [0.2, 0.25) is 11.9 Å². The minimum absolute atomic E-state index is 0.0262. The average Bonchev–Trinajstić information content (AvgIpc) is 2.78. The molecule has 0 aliphatic carbocycles. The van der Waals surface area contributed by atoms with E-state index >= 15 is 0 Å². The van der Waals surface area contributed by atoms with E-state index in [4.69, 9.17) is 9.29 Å². The number of phenols is 1. The number of aromatic nitrogens is 3.